The van der Waals surface area contributed by atoms with E-state index in [1.807, 2.05) is 78.9 Å². The van der Waals surface area contributed by atoms with E-state index in [9.17, 15) is 0 Å². The maximum absolute atomic E-state index is 6.22. The molecule has 6 heteroatoms. The molecule has 5 aromatic rings. The SMILES string of the molecule is Clc1ccc(-c2cc(=NNc3ccc4ccccc4n3)c3cc(Cl)ccc3o2)cc1. The molecule has 4 nitrogen and oxygen atoms in total. The van der Waals surface area contributed by atoms with Crippen LogP contribution in [0.1, 0.15) is 0 Å². The van der Waals surface area contributed by atoms with Gasteiger partial charge in [0.15, 0.2) is 0 Å². The molecule has 0 fully saturated rings. The predicted octanol–water partition coefficient (Wildman–Crippen LogP) is 6.88. The molecule has 0 radical (unpaired) electrons. The van der Waals surface area contributed by atoms with E-state index in [1.54, 1.807) is 6.07 Å². The number of nitrogens with one attached hydrogen (secondary N) is 1. The van der Waals surface area contributed by atoms with Crippen molar-refractivity contribution in [1.82, 2.24) is 4.98 Å². The van der Waals surface area contributed by atoms with E-state index in [1.165, 1.54) is 0 Å². The number of hydrogen-bond acceptors (Lipinski definition) is 4. The largest absolute Gasteiger partial charge is 0.456 e. The highest BCUT2D eigenvalue weighted by Crippen LogP contribution is 2.25. The number of fused-ring (bicyclic) bond motifs is 2. The van der Waals surface area contributed by atoms with Crippen LogP contribution in [0.2, 0.25) is 10.0 Å². The number of anilines is 1. The Bertz CT molecular complexity index is 1440. The third kappa shape index (κ3) is 3.75. The molecular weight excluding hydrogens is 417 g/mol. The molecule has 30 heavy (non-hydrogen) atoms. The molecule has 0 saturated carbocycles. The summed E-state index contributed by atoms with van der Waals surface area (Å²) in [7, 11) is 0. The Morgan fingerprint density at radius 2 is 1.60 bits per heavy atom. The van der Waals surface area contributed by atoms with Crippen LogP contribution in [0.15, 0.2) is 94.4 Å². The Morgan fingerprint density at radius 3 is 2.47 bits per heavy atom. The minimum absolute atomic E-state index is 0.609. The van der Waals surface area contributed by atoms with Gasteiger partial charge in [-0.25, -0.2) is 4.98 Å². The number of nitrogens with zero attached hydrogens (tertiary/aromatic N) is 2. The van der Waals surface area contributed by atoms with Crippen LogP contribution in [0, 0.1) is 0 Å². The Balaban J connectivity index is 1.63. The van der Waals surface area contributed by atoms with Crippen LogP contribution in [0.25, 0.3) is 33.2 Å². The zero-order valence-electron chi connectivity index (χ0n) is 15.6. The van der Waals surface area contributed by atoms with Gasteiger partial charge in [-0.3, -0.25) is 5.43 Å². The fourth-order valence-corrected chi connectivity index (χ4v) is 3.53. The van der Waals surface area contributed by atoms with Gasteiger partial charge in [-0.15, -0.1) is 0 Å². The van der Waals surface area contributed by atoms with Gasteiger partial charge >= 0.3 is 0 Å². The minimum atomic E-state index is 0.609. The summed E-state index contributed by atoms with van der Waals surface area (Å²) < 4.78 is 6.09. The lowest BCUT2D eigenvalue weighted by atomic mass is 10.1. The number of rotatable bonds is 3. The third-order valence-corrected chi connectivity index (χ3v) is 5.21. The van der Waals surface area contributed by atoms with Gasteiger partial charge in [-0.1, -0.05) is 41.4 Å². The molecule has 146 valence electrons. The lowest BCUT2D eigenvalue weighted by Gasteiger charge is -2.06. The number of pyridine rings is 1. The molecule has 0 atom stereocenters. The highest BCUT2D eigenvalue weighted by atomic mass is 35.5. The topological polar surface area (TPSA) is 50.4 Å². The average molecular weight is 432 g/mol. The maximum Gasteiger partial charge on any atom is 0.146 e. The second kappa shape index (κ2) is 7.82. The molecule has 2 heterocycles. The van der Waals surface area contributed by atoms with Crippen LogP contribution >= 0.6 is 23.2 Å². The maximum atomic E-state index is 6.22. The van der Waals surface area contributed by atoms with Crippen LogP contribution in [-0.4, -0.2) is 4.98 Å². The summed E-state index contributed by atoms with van der Waals surface area (Å²) in [6, 6.07) is 26.7. The van der Waals surface area contributed by atoms with Crippen LogP contribution in [0.4, 0.5) is 5.82 Å². The molecule has 0 aliphatic heterocycles. The van der Waals surface area contributed by atoms with E-state index < -0.39 is 0 Å². The van der Waals surface area contributed by atoms with E-state index in [2.05, 4.69) is 15.5 Å². The molecule has 0 bridgehead atoms. The molecule has 0 unspecified atom stereocenters. The summed E-state index contributed by atoms with van der Waals surface area (Å²) in [6.45, 7) is 0. The second-order valence-electron chi connectivity index (χ2n) is 6.76. The Kier molecular flexibility index (Phi) is 4.87. The zero-order chi connectivity index (χ0) is 20.5. The fraction of sp³-hybridized carbons (Fsp3) is 0. The van der Waals surface area contributed by atoms with Crippen LogP contribution < -0.4 is 10.8 Å². The lowest BCUT2D eigenvalue weighted by Crippen LogP contribution is -2.08. The lowest BCUT2D eigenvalue weighted by molar-refractivity contribution is 0.618. The van der Waals surface area contributed by atoms with Gasteiger partial charge < -0.3 is 4.42 Å². The van der Waals surface area contributed by atoms with E-state index in [4.69, 9.17) is 27.6 Å². The first kappa shape index (κ1) is 18.7. The van der Waals surface area contributed by atoms with Crippen molar-refractivity contribution in [2.24, 2.45) is 5.10 Å². The van der Waals surface area contributed by atoms with Crippen molar-refractivity contribution < 1.29 is 4.42 Å². The smallest absolute Gasteiger partial charge is 0.146 e. The van der Waals surface area contributed by atoms with Gasteiger partial charge in [-0.2, -0.15) is 5.10 Å². The monoisotopic (exact) mass is 431 g/mol. The standard InChI is InChI=1S/C24H15Cl2N3O/c25-17-8-5-16(6-9-17)23-14-21(19-13-18(26)10-11-22(19)30-23)28-29-24-12-7-15-3-1-2-4-20(15)27-24/h1-14H,(H,27,29). The van der Waals surface area contributed by atoms with Crippen molar-refractivity contribution in [2.45, 2.75) is 0 Å². The first-order valence-electron chi connectivity index (χ1n) is 9.31. The summed E-state index contributed by atoms with van der Waals surface area (Å²) in [6.07, 6.45) is 0. The Labute approximate surface area is 182 Å². The number of hydrogen-bond donors (Lipinski definition) is 1. The van der Waals surface area contributed by atoms with Gasteiger partial charge in [0.2, 0.25) is 0 Å². The van der Waals surface area contributed by atoms with Gasteiger partial charge in [-0.05, 0) is 60.7 Å². The van der Waals surface area contributed by atoms with Gasteiger partial charge in [0.05, 0.1) is 10.9 Å². The molecule has 0 aliphatic rings. The molecule has 0 aliphatic carbocycles. The van der Waals surface area contributed by atoms with Crippen LogP contribution in [0.3, 0.4) is 0 Å². The summed E-state index contributed by atoms with van der Waals surface area (Å²) in [4.78, 5) is 4.61. The first-order valence-corrected chi connectivity index (χ1v) is 10.1. The Hall–Kier alpha value is -3.34. The quantitative estimate of drug-likeness (QED) is 0.316. The van der Waals surface area contributed by atoms with E-state index in [0.29, 0.717) is 32.6 Å². The second-order valence-corrected chi connectivity index (χ2v) is 7.63. The van der Waals surface area contributed by atoms with Crippen LogP contribution in [0.5, 0.6) is 0 Å². The highest BCUT2D eigenvalue weighted by Gasteiger charge is 2.07. The predicted molar refractivity (Wildman–Crippen MR) is 123 cm³/mol. The molecule has 0 spiro atoms. The van der Waals surface area contributed by atoms with Gasteiger partial charge in [0.1, 0.15) is 17.2 Å². The van der Waals surface area contributed by atoms with Crippen molar-refractivity contribution in [3.8, 4) is 11.3 Å². The summed E-state index contributed by atoms with van der Waals surface area (Å²) in [5.74, 6) is 1.33. The molecular formula is C24H15Cl2N3O. The zero-order valence-corrected chi connectivity index (χ0v) is 17.2. The molecule has 2 aromatic heterocycles. The van der Waals surface area contributed by atoms with E-state index >= 15 is 0 Å². The number of para-hydroxylation sites is 1. The molecule has 0 saturated heterocycles. The summed E-state index contributed by atoms with van der Waals surface area (Å²) in [5, 5.41) is 8.44. The molecule has 3 aromatic carbocycles. The first-order chi connectivity index (χ1) is 14.7. The summed E-state index contributed by atoms with van der Waals surface area (Å²) >= 11 is 12.2. The van der Waals surface area contributed by atoms with Gasteiger partial charge in [0, 0.05) is 32.4 Å². The third-order valence-electron chi connectivity index (χ3n) is 4.72. The molecule has 0 amide bonds. The van der Waals surface area contributed by atoms with Crippen molar-refractivity contribution in [3.05, 3.63) is 100 Å². The van der Waals surface area contributed by atoms with Crippen LogP contribution in [-0.2, 0) is 0 Å². The van der Waals surface area contributed by atoms with Gasteiger partial charge in [0.25, 0.3) is 0 Å². The van der Waals surface area contributed by atoms with E-state index in [0.717, 1.165) is 21.9 Å². The Morgan fingerprint density at radius 1 is 0.800 bits per heavy atom. The average Bonchev–Trinajstić information content (AvgIpc) is 2.78. The van der Waals surface area contributed by atoms with Crippen molar-refractivity contribution >= 4 is 50.9 Å². The van der Waals surface area contributed by atoms with E-state index in [-0.39, 0.29) is 0 Å². The minimum Gasteiger partial charge on any atom is -0.456 e. The van der Waals surface area contributed by atoms with Crippen molar-refractivity contribution in [3.63, 3.8) is 0 Å². The number of halogens is 2. The van der Waals surface area contributed by atoms with Crippen molar-refractivity contribution in [2.75, 3.05) is 5.43 Å². The summed E-state index contributed by atoms with van der Waals surface area (Å²) in [5.41, 5.74) is 5.54. The fourth-order valence-electron chi connectivity index (χ4n) is 3.24. The number of aromatic nitrogens is 1. The normalized spacial score (nSPS) is 11.9. The number of benzene rings is 3. The molecule has 5 rings (SSSR count). The highest BCUT2D eigenvalue weighted by molar-refractivity contribution is 6.31. The van der Waals surface area contributed by atoms with Crippen molar-refractivity contribution in [1.29, 1.82) is 0 Å². The molecule has 1 N–H and O–H groups in total.